The van der Waals surface area contributed by atoms with E-state index >= 15 is 0 Å². The third-order valence-corrected chi connectivity index (χ3v) is 4.99. The summed E-state index contributed by atoms with van der Waals surface area (Å²) in [5.41, 5.74) is 5.70. The molecule has 0 bridgehead atoms. The van der Waals surface area contributed by atoms with Gasteiger partial charge in [0.2, 0.25) is 5.91 Å². The van der Waals surface area contributed by atoms with Gasteiger partial charge in [0.25, 0.3) is 0 Å². The molecule has 0 fully saturated rings. The van der Waals surface area contributed by atoms with Crippen molar-refractivity contribution in [1.29, 1.82) is 0 Å². The zero-order valence-electron chi connectivity index (χ0n) is 13.1. The molecule has 1 aliphatic heterocycles. The zero-order chi connectivity index (χ0) is 15.8. The van der Waals surface area contributed by atoms with Crippen molar-refractivity contribution in [2.24, 2.45) is 0 Å². The maximum Gasteiger partial charge on any atom is 0.231 e. The lowest BCUT2D eigenvalue weighted by Crippen LogP contribution is -2.36. The van der Waals surface area contributed by atoms with Gasteiger partial charge in [-0.1, -0.05) is 24.3 Å². The van der Waals surface area contributed by atoms with Crippen LogP contribution >= 0.6 is 0 Å². The van der Waals surface area contributed by atoms with E-state index in [0.717, 1.165) is 42.5 Å². The molecule has 4 rings (SSSR count). The van der Waals surface area contributed by atoms with E-state index < -0.39 is 0 Å². The van der Waals surface area contributed by atoms with E-state index in [1.54, 1.807) is 11.0 Å². The summed E-state index contributed by atoms with van der Waals surface area (Å²) in [4.78, 5) is 14.5. The Morgan fingerprint density at radius 2 is 1.74 bits per heavy atom. The van der Waals surface area contributed by atoms with E-state index in [0.29, 0.717) is 13.0 Å². The Morgan fingerprint density at radius 1 is 0.957 bits per heavy atom. The van der Waals surface area contributed by atoms with Crippen molar-refractivity contribution >= 4 is 11.6 Å². The number of carbonyl (C=O) groups excluding carboxylic acids is 1. The lowest BCUT2D eigenvalue weighted by molar-refractivity contribution is -0.118. The highest BCUT2D eigenvalue weighted by molar-refractivity contribution is 5.96. The first-order valence-electron chi connectivity index (χ1n) is 8.40. The Hall–Kier alpha value is -2.16. The molecule has 0 radical (unpaired) electrons. The molecule has 2 aliphatic rings. The van der Waals surface area contributed by atoms with Gasteiger partial charge in [0.05, 0.1) is 6.42 Å². The second kappa shape index (κ2) is 5.80. The van der Waals surface area contributed by atoms with Crippen LogP contribution in [0.2, 0.25) is 0 Å². The highest BCUT2D eigenvalue weighted by Gasteiger charge is 2.23. The first kappa shape index (κ1) is 14.4. The van der Waals surface area contributed by atoms with Crippen LogP contribution in [0.4, 0.5) is 10.1 Å². The highest BCUT2D eigenvalue weighted by Crippen LogP contribution is 2.29. The summed E-state index contributed by atoms with van der Waals surface area (Å²) in [6.07, 6.45) is 5.74. The Labute approximate surface area is 135 Å². The molecule has 1 amide bonds. The van der Waals surface area contributed by atoms with Crippen LogP contribution in [0.25, 0.3) is 0 Å². The third-order valence-electron chi connectivity index (χ3n) is 4.99. The van der Waals surface area contributed by atoms with Gasteiger partial charge in [0.1, 0.15) is 5.82 Å². The fourth-order valence-corrected chi connectivity index (χ4v) is 3.81. The molecular formula is C20H20FNO. The summed E-state index contributed by atoms with van der Waals surface area (Å²) in [5.74, 6) is -0.213. The molecule has 0 unspecified atom stereocenters. The average molecular weight is 309 g/mol. The van der Waals surface area contributed by atoms with Crippen molar-refractivity contribution < 1.29 is 9.18 Å². The molecule has 0 atom stereocenters. The van der Waals surface area contributed by atoms with Crippen molar-refractivity contribution in [1.82, 2.24) is 0 Å². The number of hydrogen-bond donors (Lipinski definition) is 0. The number of hydrogen-bond acceptors (Lipinski definition) is 1. The van der Waals surface area contributed by atoms with Gasteiger partial charge in [0, 0.05) is 12.2 Å². The summed E-state index contributed by atoms with van der Waals surface area (Å²) in [6, 6.07) is 11.2. The van der Waals surface area contributed by atoms with Gasteiger partial charge >= 0.3 is 0 Å². The number of anilines is 1. The SMILES string of the molecule is O=C(Cc1ccc2c(c1)CCC2)N1CCCc2ccc(F)cc21. The second-order valence-electron chi connectivity index (χ2n) is 6.56. The van der Waals surface area contributed by atoms with Crippen LogP contribution in [0.5, 0.6) is 0 Å². The molecule has 23 heavy (non-hydrogen) atoms. The summed E-state index contributed by atoms with van der Waals surface area (Å²) in [7, 11) is 0. The van der Waals surface area contributed by atoms with Crippen LogP contribution in [-0.2, 0) is 30.5 Å². The van der Waals surface area contributed by atoms with Gasteiger partial charge in [-0.2, -0.15) is 0 Å². The van der Waals surface area contributed by atoms with Gasteiger partial charge in [0.15, 0.2) is 0 Å². The molecular weight excluding hydrogens is 289 g/mol. The molecule has 0 aromatic heterocycles. The van der Waals surface area contributed by atoms with Crippen LogP contribution in [0.1, 0.15) is 35.1 Å². The molecule has 118 valence electrons. The van der Waals surface area contributed by atoms with Crippen LogP contribution in [0.3, 0.4) is 0 Å². The topological polar surface area (TPSA) is 20.3 Å². The molecule has 1 heterocycles. The van der Waals surface area contributed by atoms with Crippen molar-refractivity contribution in [3.63, 3.8) is 0 Å². The van der Waals surface area contributed by atoms with Crippen molar-refractivity contribution in [3.05, 3.63) is 64.5 Å². The Balaban J connectivity index is 1.57. The van der Waals surface area contributed by atoms with E-state index in [9.17, 15) is 9.18 Å². The Bertz CT molecular complexity index is 768. The van der Waals surface area contributed by atoms with Gasteiger partial charge in [-0.25, -0.2) is 4.39 Å². The number of rotatable bonds is 2. The predicted octanol–water partition coefficient (Wildman–Crippen LogP) is 3.84. The van der Waals surface area contributed by atoms with E-state index in [4.69, 9.17) is 0 Å². The number of aryl methyl sites for hydroxylation is 3. The maximum absolute atomic E-state index is 13.6. The second-order valence-corrected chi connectivity index (χ2v) is 6.56. The summed E-state index contributed by atoms with van der Waals surface area (Å²) >= 11 is 0. The first-order chi connectivity index (χ1) is 11.2. The minimum atomic E-state index is -0.277. The molecule has 0 saturated heterocycles. The van der Waals surface area contributed by atoms with Crippen molar-refractivity contribution in [2.45, 2.75) is 38.5 Å². The Kier molecular flexibility index (Phi) is 3.64. The number of amides is 1. The van der Waals surface area contributed by atoms with Crippen LogP contribution < -0.4 is 4.90 Å². The fourth-order valence-electron chi connectivity index (χ4n) is 3.81. The fraction of sp³-hybridized carbons (Fsp3) is 0.350. The molecule has 0 N–H and O–H groups in total. The predicted molar refractivity (Wildman–Crippen MR) is 89.2 cm³/mol. The van der Waals surface area contributed by atoms with Crippen molar-refractivity contribution in [3.8, 4) is 0 Å². The number of halogens is 1. The van der Waals surface area contributed by atoms with Crippen LogP contribution in [0, 0.1) is 5.82 Å². The minimum Gasteiger partial charge on any atom is -0.312 e. The molecule has 2 aromatic carbocycles. The number of carbonyl (C=O) groups is 1. The van der Waals surface area contributed by atoms with E-state index in [1.807, 2.05) is 0 Å². The standard InChI is InChI=1S/C20H20FNO/c21-18-9-8-16-5-2-10-22(19(16)13-18)20(23)12-14-6-7-15-3-1-4-17(15)11-14/h6-9,11,13H,1-5,10,12H2. The number of nitrogens with zero attached hydrogens (tertiary/aromatic N) is 1. The molecule has 2 nitrogen and oxygen atoms in total. The lowest BCUT2D eigenvalue weighted by Gasteiger charge is -2.29. The van der Waals surface area contributed by atoms with Crippen LogP contribution in [-0.4, -0.2) is 12.5 Å². The maximum atomic E-state index is 13.6. The van der Waals surface area contributed by atoms with E-state index in [2.05, 4.69) is 18.2 Å². The summed E-state index contributed by atoms with van der Waals surface area (Å²) in [6.45, 7) is 0.681. The Morgan fingerprint density at radius 3 is 2.65 bits per heavy atom. The summed E-state index contributed by atoms with van der Waals surface area (Å²) in [5, 5.41) is 0. The summed E-state index contributed by atoms with van der Waals surface area (Å²) < 4.78 is 13.6. The molecule has 2 aromatic rings. The van der Waals surface area contributed by atoms with Crippen molar-refractivity contribution in [2.75, 3.05) is 11.4 Å². The van der Waals surface area contributed by atoms with Gasteiger partial charge in [-0.05, 0) is 66.5 Å². The average Bonchev–Trinajstić information content (AvgIpc) is 3.01. The lowest BCUT2D eigenvalue weighted by atomic mass is 9.99. The largest absolute Gasteiger partial charge is 0.312 e. The molecule has 0 spiro atoms. The van der Waals surface area contributed by atoms with Gasteiger partial charge in [-0.15, -0.1) is 0 Å². The molecule has 3 heteroatoms. The quantitative estimate of drug-likeness (QED) is 0.825. The van der Waals surface area contributed by atoms with Gasteiger partial charge in [-0.3, -0.25) is 4.79 Å². The van der Waals surface area contributed by atoms with Gasteiger partial charge < -0.3 is 4.90 Å². The number of benzene rings is 2. The monoisotopic (exact) mass is 309 g/mol. The molecule has 0 saturated carbocycles. The van der Waals surface area contributed by atoms with E-state index in [-0.39, 0.29) is 11.7 Å². The highest BCUT2D eigenvalue weighted by atomic mass is 19.1. The van der Waals surface area contributed by atoms with Crippen LogP contribution in [0.15, 0.2) is 36.4 Å². The third kappa shape index (κ3) is 2.76. The molecule has 1 aliphatic carbocycles. The smallest absolute Gasteiger partial charge is 0.231 e. The van der Waals surface area contributed by atoms with E-state index in [1.165, 1.54) is 29.7 Å². The normalized spacial score (nSPS) is 16.1. The number of fused-ring (bicyclic) bond motifs is 2. The minimum absolute atomic E-state index is 0.0643. The first-order valence-corrected chi connectivity index (χ1v) is 8.40. The zero-order valence-corrected chi connectivity index (χ0v) is 13.1.